The number of nitrogens with zero attached hydrogens (tertiary/aromatic N) is 6. The summed E-state index contributed by atoms with van der Waals surface area (Å²) < 4.78 is 63.8. The Bertz CT molecular complexity index is 1630. The standard InChI is InChI=1S/C28H30F4N8O2/c1-38-10-9-22(20(29)15-38)35-21-7-4-8-23-19(21)11-24(39(23)16-28(30,31)32)26-36-25(42-37-26)13-33-27(41)17-12-34-40(14-17)18-5-2-3-6-18/h4,7-8,11-12,14,18,35H,2-3,5-6,9-10,13,15-16H2,1H3,(H,33,41). The first-order valence-electron chi connectivity index (χ1n) is 13.8. The van der Waals surface area contributed by atoms with Gasteiger partial charge < -0.3 is 19.7 Å². The number of benzene rings is 1. The number of hydrogen-bond donors (Lipinski definition) is 2. The summed E-state index contributed by atoms with van der Waals surface area (Å²) in [7, 11) is 1.82. The van der Waals surface area contributed by atoms with Gasteiger partial charge in [-0.2, -0.15) is 23.3 Å². The van der Waals surface area contributed by atoms with Crippen LogP contribution in [0.2, 0.25) is 0 Å². The summed E-state index contributed by atoms with van der Waals surface area (Å²) in [6.07, 6.45) is 3.46. The molecule has 6 rings (SSSR count). The van der Waals surface area contributed by atoms with E-state index in [4.69, 9.17) is 4.52 Å². The summed E-state index contributed by atoms with van der Waals surface area (Å²) in [5.74, 6) is -0.727. The topological polar surface area (TPSA) is 106 Å². The fourth-order valence-electron chi connectivity index (χ4n) is 5.58. The smallest absolute Gasteiger partial charge is 0.356 e. The zero-order valence-corrected chi connectivity index (χ0v) is 22.9. The molecule has 0 unspecified atom stereocenters. The van der Waals surface area contributed by atoms with Gasteiger partial charge in [0.2, 0.25) is 11.7 Å². The molecule has 222 valence electrons. The number of alkyl halides is 3. The Morgan fingerprint density at radius 1 is 1.21 bits per heavy atom. The number of hydrogen-bond acceptors (Lipinski definition) is 7. The Labute approximate surface area is 238 Å². The van der Waals surface area contributed by atoms with Crippen LogP contribution in [0.1, 0.15) is 54.4 Å². The fourth-order valence-corrected chi connectivity index (χ4v) is 5.58. The van der Waals surface area contributed by atoms with Crippen LogP contribution in [0.25, 0.3) is 22.4 Å². The number of aromatic nitrogens is 5. The van der Waals surface area contributed by atoms with E-state index in [9.17, 15) is 22.4 Å². The average Bonchev–Trinajstić information content (AvgIpc) is 3.75. The molecule has 4 aromatic rings. The summed E-state index contributed by atoms with van der Waals surface area (Å²) in [4.78, 5) is 18.8. The normalized spacial score (nSPS) is 17.0. The predicted octanol–water partition coefficient (Wildman–Crippen LogP) is 5.42. The van der Waals surface area contributed by atoms with Crippen molar-refractivity contribution in [2.75, 3.05) is 25.5 Å². The Hall–Kier alpha value is -4.20. The van der Waals surface area contributed by atoms with Crippen molar-refractivity contribution < 1.29 is 26.9 Å². The number of fused-ring (bicyclic) bond motifs is 1. The van der Waals surface area contributed by atoms with Gasteiger partial charge in [-0.1, -0.05) is 24.1 Å². The molecule has 0 atom stereocenters. The molecule has 14 heteroatoms. The fraction of sp³-hybridized carbons (Fsp3) is 0.429. The minimum atomic E-state index is -4.53. The maximum Gasteiger partial charge on any atom is 0.406 e. The van der Waals surface area contributed by atoms with Gasteiger partial charge in [0, 0.05) is 35.9 Å². The Balaban J connectivity index is 1.24. The number of nitrogens with one attached hydrogen (secondary N) is 2. The first-order valence-corrected chi connectivity index (χ1v) is 13.8. The van der Waals surface area contributed by atoms with Gasteiger partial charge >= 0.3 is 6.18 Å². The van der Waals surface area contributed by atoms with Gasteiger partial charge in [0.15, 0.2) is 0 Å². The second-order valence-electron chi connectivity index (χ2n) is 10.8. The van der Waals surface area contributed by atoms with E-state index in [0.717, 1.165) is 30.3 Å². The van der Waals surface area contributed by atoms with E-state index in [1.54, 1.807) is 24.4 Å². The van der Waals surface area contributed by atoms with Gasteiger partial charge in [-0.3, -0.25) is 14.4 Å². The lowest BCUT2D eigenvalue weighted by Crippen LogP contribution is -2.28. The van der Waals surface area contributed by atoms with E-state index in [1.807, 2.05) is 16.6 Å². The molecule has 1 aromatic carbocycles. The third-order valence-corrected chi connectivity index (χ3v) is 7.71. The van der Waals surface area contributed by atoms with Crippen LogP contribution in [0.15, 0.2) is 52.7 Å². The zero-order chi connectivity index (χ0) is 29.4. The monoisotopic (exact) mass is 586 g/mol. The van der Waals surface area contributed by atoms with E-state index in [1.165, 1.54) is 12.3 Å². The van der Waals surface area contributed by atoms with Crippen molar-refractivity contribution in [3.05, 3.63) is 59.6 Å². The van der Waals surface area contributed by atoms with Gasteiger partial charge in [-0.15, -0.1) is 0 Å². The molecular formula is C28H30F4N8O2. The molecule has 1 saturated carbocycles. The van der Waals surface area contributed by atoms with Gasteiger partial charge in [0.1, 0.15) is 12.4 Å². The van der Waals surface area contributed by atoms with Gasteiger partial charge in [0.25, 0.3) is 5.91 Å². The molecule has 4 heterocycles. The Kier molecular flexibility index (Phi) is 7.47. The molecule has 1 amide bonds. The molecule has 2 N–H and O–H groups in total. The number of carbonyl (C=O) groups is 1. The van der Waals surface area contributed by atoms with Crippen LogP contribution in [0, 0.1) is 0 Å². The van der Waals surface area contributed by atoms with Crippen LogP contribution in [0.5, 0.6) is 0 Å². The molecule has 0 radical (unpaired) electrons. The quantitative estimate of drug-likeness (QED) is 0.266. The summed E-state index contributed by atoms with van der Waals surface area (Å²) >= 11 is 0. The van der Waals surface area contributed by atoms with Crippen molar-refractivity contribution in [1.29, 1.82) is 0 Å². The average molecular weight is 587 g/mol. The van der Waals surface area contributed by atoms with Crippen LogP contribution in [0.4, 0.5) is 23.2 Å². The van der Waals surface area contributed by atoms with Crippen molar-refractivity contribution in [2.45, 2.75) is 57.4 Å². The minimum Gasteiger partial charge on any atom is -0.356 e. The summed E-state index contributed by atoms with van der Waals surface area (Å²) in [5, 5.41) is 14.5. The van der Waals surface area contributed by atoms with E-state index in [2.05, 4.69) is 25.9 Å². The van der Waals surface area contributed by atoms with E-state index in [-0.39, 0.29) is 47.7 Å². The molecule has 0 spiro atoms. The second-order valence-corrected chi connectivity index (χ2v) is 10.8. The Morgan fingerprint density at radius 3 is 2.79 bits per heavy atom. The maximum absolute atomic E-state index is 14.6. The number of rotatable bonds is 8. The van der Waals surface area contributed by atoms with Crippen LogP contribution in [-0.2, 0) is 13.1 Å². The highest BCUT2D eigenvalue weighted by Gasteiger charge is 2.31. The highest BCUT2D eigenvalue weighted by molar-refractivity contribution is 5.96. The lowest BCUT2D eigenvalue weighted by molar-refractivity contribution is -0.139. The van der Waals surface area contributed by atoms with Crippen LogP contribution < -0.4 is 10.6 Å². The predicted molar refractivity (Wildman–Crippen MR) is 146 cm³/mol. The summed E-state index contributed by atoms with van der Waals surface area (Å²) in [6.45, 7) is -0.599. The van der Waals surface area contributed by atoms with Crippen LogP contribution in [-0.4, -0.2) is 61.6 Å². The number of halogens is 4. The van der Waals surface area contributed by atoms with Crippen molar-refractivity contribution in [3.63, 3.8) is 0 Å². The second kappa shape index (κ2) is 11.2. The number of amides is 1. The van der Waals surface area contributed by atoms with Crippen LogP contribution >= 0.6 is 0 Å². The first kappa shape index (κ1) is 27.9. The summed E-state index contributed by atoms with van der Waals surface area (Å²) in [6, 6.07) is 6.68. The molecule has 1 aliphatic carbocycles. The lowest BCUT2D eigenvalue weighted by atomic mass is 10.1. The van der Waals surface area contributed by atoms with E-state index >= 15 is 0 Å². The van der Waals surface area contributed by atoms with Gasteiger partial charge in [0.05, 0.1) is 42.1 Å². The van der Waals surface area contributed by atoms with Gasteiger partial charge in [-0.25, -0.2) is 4.39 Å². The van der Waals surface area contributed by atoms with Crippen molar-refractivity contribution >= 4 is 22.5 Å². The van der Waals surface area contributed by atoms with Crippen molar-refractivity contribution in [3.8, 4) is 11.5 Å². The van der Waals surface area contributed by atoms with E-state index < -0.39 is 12.7 Å². The molecule has 42 heavy (non-hydrogen) atoms. The van der Waals surface area contributed by atoms with Crippen molar-refractivity contribution in [2.24, 2.45) is 0 Å². The minimum absolute atomic E-state index is 0.0299. The molecule has 1 fully saturated rings. The number of carbonyl (C=O) groups excluding carboxylic acids is 1. The lowest BCUT2D eigenvalue weighted by Gasteiger charge is -2.24. The SMILES string of the molecule is CN1CCC(Nc2cccc3c2cc(-c2noc(CNC(=O)c4cnn(C5CCCC5)c4)n2)n3CC(F)(F)F)=C(F)C1. The summed E-state index contributed by atoms with van der Waals surface area (Å²) in [5.41, 5.74) is 1.62. The molecule has 0 bridgehead atoms. The molecule has 3 aromatic heterocycles. The number of likely N-dealkylation sites (N-methyl/N-ethyl adjacent to an activating group) is 1. The maximum atomic E-state index is 14.6. The molecule has 10 nitrogen and oxygen atoms in total. The molecule has 1 aliphatic heterocycles. The third-order valence-electron chi connectivity index (χ3n) is 7.71. The molecular weight excluding hydrogens is 556 g/mol. The van der Waals surface area contributed by atoms with E-state index in [0.29, 0.717) is 41.3 Å². The highest BCUT2D eigenvalue weighted by Crippen LogP contribution is 2.35. The molecule has 0 saturated heterocycles. The zero-order valence-electron chi connectivity index (χ0n) is 22.9. The Morgan fingerprint density at radius 2 is 2.02 bits per heavy atom. The highest BCUT2D eigenvalue weighted by atomic mass is 19.4. The van der Waals surface area contributed by atoms with Gasteiger partial charge in [-0.05, 0) is 38.1 Å². The third kappa shape index (κ3) is 5.89. The first-order chi connectivity index (χ1) is 20.1. The molecule has 2 aliphatic rings. The number of anilines is 1. The van der Waals surface area contributed by atoms with Crippen molar-refractivity contribution in [1.82, 2.24) is 34.7 Å². The largest absolute Gasteiger partial charge is 0.406 e. The van der Waals surface area contributed by atoms with Crippen LogP contribution in [0.3, 0.4) is 0 Å².